The zero-order valence-corrected chi connectivity index (χ0v) is 6.80. The van der Waals surface area contributed by atoms with E-state index in [4.69, 9.17) is 11.0 Å². The summed E-state index contributed by atoms with van der Waals surface area (Å²) in [7, 11) is 0. The van der Waals surface area contributed by atoms with Crippen LogP contribution in [-0.4, -0.2) is 9.59 Å². The Bertz CT molecular complexity index is 468. The van der Waals surface area contributed by atoms with Crippen molar-refractivity contribution >= 4 is 27.4 Å². The molecule has 0 amide bonds. The fourth-order valence-electron chi connectivity index (χ4n) is 0.974. The minimum absolute atomic E-state index is 0.521. The van der Waals surface area contributed by atoms with Crippen LogP contribution in [0.25, 0.3) is 10.2 Å². The first kappa shape index (κ1) is 7.00. The van der Waals surface area contributed by atoms with Crippen molar-refractivity contribution in [3.8, 4) is 6.07 Å². The molecule has 0 atom stereocenters. The molecular weight excluding hydrogens is 172 g/mol. The van der Waals surface area contributed by atoms with Gasteiger partial charge in [-0.05, 0) is 23.7 Å². The van der Waals surface area contributed by atoms with Crippen LogP contribution in [0.1, 0.15) is 5.56 Å². The summed E-state index contributed by atoms with van der Waals surface area (Å²) >= 11 is 1.21. The van der Waals surface area contributed by atoms with Crippen molar-refractivity contribution in [3.63, 3.8) is 0 Å². The number of nitriles is 1. The van der Waals surface area contributed by atoms with Crippen LogP contribution in [0.4, 0.5) is 5.69 Å². The average Bonchev–Trinajstić information content (AvgIpc) is 2.54. The predicted molar refractivity (Wildman–Crippen MR) is 46.5 cm³/mol. The van der Waals surface area contributed by atoms with Gasteiger partial charge in [0.05, 0.1) is 16.0 Å². The molecule has 1 aromatic heterocycles. The number of fused-ring (bicyclic) bond motifs is 1. The normalized spacial score (nSPS) is 9.92. The van der Waals surface area contributed by atoms with Crippen LogP contribution in [0.5, 0.6) is 0 Å². The number of anilines is 1. The molecule has 0 saturated carbocycles. The Hall–Kier alpha value is -1.67. The predicted octanol–water partition coefficient (Wildman–Crippen LogP) is 1.15. The van der Waals surface area contributed by atoms with Crippen molar-refractivity contribution in [2.75, 3.05) is 5.73 Å². The van der Waals surface area contributed by atoms with Crippen molar-refractivity contribution in [2.24, 2.45) is 0 Å². The van der Waals surface area contributed by atoms with E-state index < -0.39 is 0 Å². The molecule has 5 heteroatoms. The lowest BCUT2D eigenvalue weighted by Gasteiger charge is -1.93. The third kappa shape index (κ3) is 0.822. The van der Waals surface area contributed by atoms with Gasteiger partial charge in [0.2, 0.25) is 0 Å². The van der Waals surface area contributed by atoms with E-state index in [1.807, 2.05) is 6.07 Å². The first-order valence-electron chi connectivity index (χ1n) is 3.23. The van der Waals surface area contributed by atoms with E-state index in [1.165, 1.54) is 11.5 Å². The minimum atomic E-state index is 0.521. The van der Waals surface area contributed by atoms with Gasteiger partial charge in [0.25, 0.3) is 0 Å². The average molecular weight is 176 g/mol. The topological polar surface area (TPSA) is 75.6 Å². The van der Waals surface area contributed by atoms with Gasteiger partial charge < -0.3 is 5.73 Å². The molecule has 2 N–H and O–H groups in total. The summed E-state index contributed by atoms with van der Waals surface area (Å²) in [5.74, 6) is 0. The lowest BCUT2D eigenvalue weighted by atomic mass is 10.2. The largest absolute Gasteiger partial charge is 0.397 e. The minimum Gasteiger partial charge on any atom is -0.397 e. The Morgan fingerprint density at radius 2 is 2.33 bits per heavy atom. The molecule has 0 aliphatic rings. The molecule has 0 fully saturated rings. The summed E-state index contributed by atoms with van der Waals surface area (Å²) in [4.78, 5) is 0. The third-order valence-corrected chi connectivity index (χ3v) is 2.33. The number of nitrogens with zero attached hydrogens (tertiary/aromatic N) is 3. The van der Waals surface area contributed by atoms with E-state index in [0.717, 1.165) is 4.70 Å². The lowest BCUT2D eigenvalue weighted by Crippen LogP contribution is -1.86. The highest BCUT2D eigenvalue weighted by atomic mass is 32.1. The quantitative estimate of drug-likeness (QED) is 0.611. The highest BCUT2D eigenvalue weighted by Crippen LogP contribution is 2.24. The van der Waals surface area contributed by atoms with Gasteiger partial charge in [0.1, 0.15) is 11.6 Å². The first-order chi connectivity index (χ1) is 5.83. The number of hydrogen-bond acceptors (Lipinski definition) is 5. The molecule has 1 heterocycles. The van der Waals surface area contributed by atoms with Gasteiger partial charge in [-0.15, -0.1) is 5.10 Å². The number of aromatic nitrogens is 2. The SMILES string of the molecule is N#Cc1ccc(N)c2snnc12. The first-order valence-corrected chi connectivity index (χ1v) is 4.01. The summed E-state index contributed by atoms with van der Waals surface area (Å²) in [6.07, 6.45) is 0. The van der Waals surface area contributed by atoms with Crippen LogP contribution in [0.3, 0.4) is 0 Å². The highest BCUT2D eigenvalue weighted by molar-refractivity contribution is 7.13. The van der Waals surface area contributed by atoms with E-state index in [9.17, 15) is 0 Å². The van der Waals surface area contributed by atoms with Crippen molar-refractivity contribution in [2.45, 2.75) is 0 Å². The number of hydrogen-bond donors (Lipinski definition) is 1. The van der Waals surface area contributed by atoms with E-state index >= 15 is 0 Å². The molecule has 0 aliphatic heterocycles. The van der Waals surface area contributed by atoms with Gasteiger partial charge in [-0.2, -0.15) is 5.26 Å². The summed E-state index contributed by atoms with van der Waals surface area (Å²) in [6, 6.07) is 5.38. The zero-order valence-electron chi connectivity index (χ0n) is 5.98. The van der Waals surface area contributed by atoms with Gasteiger partial charge in [0.15, 0.2) is 0 Å². The van der Waals surface area contributed by atoms with Gasteiger partial charge in [-0.25, -0.2) is 0 Å². The Labute approximate surface area is 72.4 Å². The van der Waals surface area contributed by atoms with Crippen molar-refractivity contribution in [1.82, 2.24) is 9.59 Å². The van der Waals surface area contributed by atoms with Crippen LogP contribution in [-0.2, 0) is 0 Å². The molecule has 0 radical (unpaired) electrons. The molecule has 0 saturated heterocycles. The summed E-state index contributed by atoms with van der Waals surface area (Å²) < 4.78 is 4.52. The molecule has 0 bridgehead atoms. The monoisotopic (exact) mass is 176 g/mol. The van der Waals surface area contributed by atoms with Crippen LogP contribution in [0.15, 0.2) is 12.1 Å². The number of nitrogen functional groups attached to an aromatic ring is 1. The number of benzene rings is 1. The second kappa shape index (κ2) is 2.43. The summed E-state index contributed by atoms with van der Waals surface area (Å²) in [5, 5.41) is 12.5. The Morgan fingerprint density at radius 1 is 1.50 bits per heavy atom. The van der Waals surface area contributed by atoms with Crippen molar-refractivity contribution < 1.29 is 0 Å². The second-order valence-corrected chi connectivity index (χ2v) is 3.02. The molecule has 2 aromatic rings. The second-order valence-electron chi connectivity index (χ2n) is 2.26. The lowest BCUT2D eigenvalue weighted by molar-refractivity contribution is 1.19. The molecule has 58 valence electrons. The number of rotatable bonds is 0. The van der Waals surface area contributed by atoms with Gasteiger partial charge >= 0.3 is 0 Å². The van der Waals surface area contributed by atoms with Crippen LogP contribution < -0.4 is 5.73 Å². The Morgan fingerprint density at radius 3 is 3.08 bits per heavy atom. The smallest absolute Gasteiger partial charge is 0.125 e. The van der Waals surface area contributed by atoms with E-state index in [0.29, 0.717) is 16.8 Å². The van der Waals surface area contributed by atoms with Crippen molar-refractivity contribution in [1.29, 1.82) is 5.26 Å². The Kier molecular flexibility index (Phi) is 1.42. The molecule has 0 spiro atoms. The third-order valence-electron chi connectivity index (χ3n) is 1.56. The maximum atomic E-state index is 8.69. The van der Waals surface area contributed by atoms with E-state index in [-0.39, 0.29) is 0 Å². The summed E-state index contributed by atoms with van der Waals surface area (Å²) in [5.41, 5.74) is 7.39. The van der Waals surface area contributed by atoms with Crippen LogP contribution >= 0.6 is 11.5 Å². The fraction of sp³-hybridized carbons (Fsp3) is 0. The van der Waals surface area contributed by atoms with E-state index in [2.05, 4.69) is 9.59 Å². The molecule has 4 nitrogen and oxygen atoms in total. The molecule has 1 aromatic carbocycles. The fourth-order valence-corrected chi connectivity index (χ4v) is 1.59. The highest BCUT2D eigenvalue weighted by Gasteiger charge is 2.06. The van der Waals surface area contributed by atoms with E-state index in [1.54, 1.807) is 12.1 Å². The Balaban J connectivity index is 2.94. The van der Waals surface area contributed by atoms with Crippen LogP contribution in [0.2, 0.25) is 0 Å². The summed E-state index contributed by atoms with van der Waals surface area (Å²) in [6.45, 7) is 0. The molecule has 0 unspecified atom stereocenters. The molecule has 2 rings (SSSR count). The van der Waals surface area contributed by atoms with Gasteiger partial charge in [0, 0.05) is 0 Å². The van der Waals surface area contributed by atoms with Crippen LogP contribution in [0, 0.1) is 11.3 Å². The standard InChI is InChI=1S/C7H4N4S/c8-3-4-1-2-5(9)7-6(4)10-11-12-7/h1-2H,9H2. The van der Waals surface area contributed by atoms with Crippen molar-refractivity contribution in [3.05, 3.63) is 17.7 Å². The molecular formula is C7H4N4S. The zero-order chi connectivity index (χ0) is 8.55. The maximum Gasteiger partial charge on any atom is 0.125 e. The molecule has 0 aliphatic carbocycles. The molecule has 12 heavy (non-hydrogen) atoms. The van der Waals surface area contributed by atoms with Gasteiger partial charge in [-0.1, -0.05) is 4.49 Å². The van der Waals surface area contributed by atoms with Gasteiger partial charge in [-0.3, -0.25) is 0 Å². The maximum absolute atomic E-state index is 8.69. The number of nitrogens with two attached hydrogens (primary N) is 1.